The van der Waals surface area contributed by atoms with Crippen molar-refractivity contribution in [2.24, 2.45) is 0 Å². The van der Waals surface area contributed by atoms with Crippen molar-refractivity contribution in [3.05, 3.63) is 59.7 Å². The van der Waals surface area contributed by atoms with Gasteiger partial charge in [-0.3, -0.25) is 4.31 Å². The summed E-state index contributed by atoms with van der Waals surface area (Å²) in [6.07, 6.45) is 0. The highest BCUT2D eigenvalue weighted by Crippen LogP contribution is 2.26. The Balaban J connectivity index is 2.42. The Morgan fingerprint density at radius 3 is 2.27 bits per heavy atom. The van der Waals surface area contributed by atoms with Crippen LogP contribution in [-0.2, 0) is 14.8 Å². The number of carbonyl (C=O) groups excluding carboxylic acids is 1. The summed E-state index contributed by atoms with van der Waals surface area (Å²) < 4.78 is 31.1. The zero-order valence-electron chi connectivity index (χ0n) is 12.6. The zero-order valence-corrected chi connectivity index (χ0v) is 13.4. The molecule has 0 saturated carbocycles. The number of carbonyl (C=O) groups is 1. The molecule has 0 heterocycles. The van der Waals surface area contributed by atoms with Crippen LogP contribution in [0.15, 0.2) is 53.4 Å². The standard InChI is InChI=1S/C16H17NO4S/c1-12-11-13(16(18)21-3)9-10-15(12)17(2)22(19,20)14-7-5-4-6-8-14/h4-11H,1-3H3. The number of nitrogens with zero attached hydrogens (tertiary/aromatic N) is 1. The molecule has 0 bridgehead atoms. The van der Waals surface area contributed by atoms with Crippen LogP contribution in [0.3, 0.4) is 0 Å². The first-order chi connectivity index (χ1) is 10.4. The second-order valence-corrected chi connectivity index (χ2v) is 6.75. The average Bonchev–Trinajstić information content (AvgIpc) is 2.54. The minimum atomic E-state index is -3.64. The number of hydrogen-bond acceptors (Lipinski definition) is 4. The predicted octanol–water partition coefficient (Wildman–Crippen LogP) is 2.61. The van der Waals surface area contributed by atoms with E-state index in [1.807, 2.05) is 0 Å². The summed E-state index contributed by atoms with van der Waals surface area (Å²) in [4.78, 5) is 11.7. The molecule has 0 saturated heterocycles. The van der Waals surface area contributed by atoms with Gasteiger partial charge in [0.2, 0.25) is 0 Å². The lowest BCUT2D eigenvalue weighted by Crippen LogP contribution is -2.27. The minimum Gasteiger partial charge on any atom is -0.465 e. The van der Waals surface area contributed by atoms with E-state index in [1.54, 1.807) is 55.5 Å². The Hall–Kier alpha value is -2.34. The van der Waals surface area contributed by atoms with Gasteiger partial charge in [0.15, 0.2) is 0 Å². The normalized spacial score (nSPS) is 11.0. The van der Waals surface area contributed by atoms with Crippen molar-refractivity contribution in [2.45, 2.75) is 11.8 Å². The summed E-state index contributed by atoms with van der Waals surface area (Å²) >= 11 is 0. The number of methoxy groups -OCH3 is 1. The molecule has 116 valence electrons. The first kappa shape index (κ1) is 16.0. The highest BCUT2D eigenvalue weighted by Gasteiger charge is 2.22. The average molecular weight is 319 g/mol. The third-order valence-corrected chi connectivity index (χ3v) is 5.14. The van der Waals surface area contributed by atoms with Crippen LogP contribution in [-0.4, -0.2) is 28.5 Å². The van der Waals surface area contributed by atoms with Gasteiger partial charge in [-0.1, -0.05) is 18.2 Å². The quantitative estimate of drug-likeness (QED) is 0.813. The maximum Gasteiger partial charge on any atom is 0.337 e. The number of esters is 1. The van der Waals surface area contributed by atoms with Crippen LogP contribution in [0.25, 0.3) is 0 Å². The smallest absolute Gasteiger partial charge is 0.337 e. The van der Waals surface area contributed by atoms with E-state index >= 15 is 0 Å². The van der Waals surface area contributed by atoms with E-state index in [9.17, 15) is 13.2 Å². The summed E-state index contributed by atoms with van der Waals surface area (Å²) in [6.45, 7) is 1.75. The highest BCUT2D eigenvalue weighted by atomic mass is 32.2. The Bertz CT molecular complexity index is 785. The van der Waals surface area contributed by atoms with Crippen molar-refractivity contribution in [2.75, 3.05) is 18.5 Å². The van der Waals surface area contributed by atoms with Gasteiger partial charge >= 0.3 is 5.97 Å². The zero-order chi connectivity index (χ0) is 16.3. The Morgan fingerprint density at radius 2 is 1.73 bits per heavy atom. The van der Waals surface area contributed by atoms with Crippen molar-refractivity contribution < 1.29 is 17.9 Å². The van der Waals surface area contributed by atoms with Crippen molar-refractivity contribution in [1.29, 1.82) is 0 Å². The topological polar surface area (TPSA) is 63.7 Å². The van der Waals surface area contributed by atoms with Crippen LogP contribution < -0.4 is 4.31 Å². The van der Waals surface area contributed by atoms with Crippen LogP contribution >= 0.6 is 0 Å². The summed E-state index contributed by atoms with van der Waals surface area (Å²) in [5, 5.41) is 0. The number of sulfonamides is 1. The summed E-state index contributed by atoms with van der Waals surface area (Å²) in [6, 6.07) is 13.0. The first-order valence-electron chi connectivity index (χ1n) is 6.61. The lowest BCUT2D eigenvalue weighted by atomic mass is 10.1. The second-order valence-electron chi connectivity index (χ2n) is 4.78. The van der Waals surface area contributed by atoms with Gasteiger partial charge in [0.1, 0.15) is 0 Å². The Kier molecular flexibility index (Phi) is 4.51. The molecule has 0 aliphatic heterocycles. The molecule has 2 aromatic rings. The molecule has 0 spiro atoms. The number of ether oxygens (including phenoxy) is 1. The van der Waals surface area contributed by atoms with Gasteiger partial charge in [-0.2, -0.15) is 0 Å². The van der Waals surface area contributed by atoms with Crippen LogP contribution in [0.2, 0.25) is 0 Å². The molecule has 6 heteroatoms. The fourth-order valence-corrected chi connectivity index (χ4v) is 3.41. The molecule has 2 rings (SSSR count). The maximum absolute atomic E-state index is 12.6. The van der Waals surface area contributed by atoms with Crippen molar-refractivity contribution in [1.82, 2.24) is 0 Å². The van der Waals surface area contributed by atoms with E-state index in [4.69, 9.17) is 0 Å². The number of aryl methyl sites for hydroxylation is 1. The third kappa shape index (κ3) is 2.96. The molecule has 0 amide bonds. The SMILES string of the molecule is COC(=O)c1ccc(N(C)S(=O)(=O)c2ccccc2)c(C)c1. The molecular weight excluding hydrogens is 302 g/mol. The van der Waals surface area contributed by atoms with Crippen LogP contribution in [0.1, 0.15) is 15.9 Å². The van der Waals surface area contributed by atoms with Gasteiger partial charge in [0.05, 0.1) is 23.3 Å². The molecule has 5 nitrogen and oxygen atoms in total. The predicted molar refractivity (Wildman–Crippen MR) is 84.5 cm³/mol. The van der Waals surface area contributed by atoms with Gasteiger partial charge in [0.25, 0.3) is 10.0 Å². The molecule has 2 aromatic carbocycles. The third-order valence-electron chi connectivity index (χ3n) is 3.36. The van der Waals surface area contributed by atoms with Gasteiger partial charge in [0, 0.05) is 7.05 Å². The van der Waals surface area contributed by atoms with Crippen molar-refractivity contribution in [3.8, 4) is 0 Å². The fraction of sp³-hybridized carbons (Fsp3) is 0.188. The molecule has 0 N–H and O–H groups in total. The number of hydrogen-bond donors (Lipinski definition) is 0. The van der Waals surface area contributed by atoms with E-state index in [0.29, 0.717) is 16.8 Å². The summed E-state index contributed by atoms with van der Waals surface area (Å²) in [5.41, 5.74) is 1.57. The van der Waals surface area contributed by atoms with E-state index in [-0.39, 0.29) is 4.90 Å². The molecule has 22 heavy (non-hydrogen) atoms. The van der Waals surface area contributed by atoms with E-state index < -0.39 is 16.0 Å². The molecule has 0 atom stereocenters. The summed E-state index contributed by atoms with van der Waals surface area (Å²) in [7, 11) is -0.844. The molecule has 0 aromatic heterocycles. The lowest BCUT2D eigenvalue weighted by molar-refractivity contribution is 0.0600. The number of rotatable bonds is 4. The molecule has 0 aliphatic rings. The summed E-state index contributed by atoms with van der Waals surface area (Å²) in [5.74, 6) is -0.455. The number of benzene rings is 2. The largest absolute Gasteiger partial charge is 0.465 e. The maximum atomic E-state index is 12.6. The molecule has 0 radical (unpaired) electrons. The van der Waals surface area contributed by atoms with E-state index in [0.717, 1.165) is 0 Å². The molecule has 0 unspecified atom stereocenters. The minimum absolute atomic E-state index is 0.217. The highest BCUT2D eigenvalue weighted by molar-refractivity contribution is 7.92. The van der Waals surface area contributed by atoms with Crippen molar-refractivity contribution in [3.63, 3.8) is 0 Å². The monoisotopic (exact) mass is 319 g/mol. The van der Waals surface area contributed by atoms with Gasteiger partial charge < -0.3 is 4.74 Å². The van der Waals surface area contributed by atoms with E-state index in [1.165, 1.54) is 18.5 Å². The van der Waals surface area contributed by atoms with Gasteiger partial charge in [-0.25, -0.2) is 13.2 Å². The van der Waals surface area contributed by atoms with Crippen molar-refractivity contribution >= 4 is 21.7 Å². The van der Waals surface area contributed by atoms with Gasteiger partial charge in [-0.15, -0.1) is 0 Å². The first-order valence-corrected chi connectivity index (χ1v) is 8.05. The molecular formula is C16H17NO4S. The van der Waals surface area contributed by atoms with Crippen LogP contribution in [0.4, 0.5) is 5.69 Å². The fourth-order valence-electron chi connectivity index (χ4n) is 2.13. The van der Waals surface area contributed by atoms with Gasteiger partial charge in [-0.05, 0) is 42.8 Å². The molecule has 0 aliphatic carbocycles. The van der Waals surface area contributed by atoms with E-state index in [2.05, 4.69) is 4.74 Å². The lowest BCUT2D eigenvalue weighted by Gasteiger charge is -2.21. The Morgan fingerprint density at radius 1 is 1.09 bits per heavy atom. The van der Waals surface area contributed by atoms with Crippen LogP contribution in [0, 0.1) is 6.92 Å². The Labute approximate surface area is 130 Å². The van der Waals surface area contributed by atoms with Crippen LogP contribution in [0.5, 0.6) is 0 Å². The number of anilines is 1. The molecule has 0 fully saturated rings. The second kappa shape index (κ2) is 6.19.